The molecule has 4 heteroatoms. The fourth-order valence-corrected chi connectivity index (χ4v) is 4.53. The molecule has 0 bridgehead atoms. The van der Waals surface area contributed by atoms with Crippen LogP contribution in [0.2, 0.25) is 0 Å². The van der Waals surface area contributed by atoms with Gasteiger partial charge >= 0.3 is 0 Å². The van der Waals surface area contributed by atoms with Crippen LogP contribution in [0.25, 0.3) is 11.1 Å². The topological polar surface area (TPSA) is 49.0 Å². The molecule has 0 spiro atoms. The third-order valence-electron chi connectivity index (χ3n) is 6.38. The Kier molecular flexibility index (Phi) is 7.07. The Morgan fingerprint density at radius 1 is 0.938 bits per heavy atom. The molecule has 164 valence electrons. The second kappa shape index (κ2) is 10.3. The molecule has 0 amide bonds. The highest BCUT2D eigenvalue weighted by Gasteiger charge is 2.17. The first-order chi connectivity index (χ1) is 15.7. The number of benzene rings is 2. The predicted octanol–water partition coefficient (Wildman–Crippen LogP) is 5.77. The van der Waals surface area contributed by atoms with Gasteiger partial charge in [-0.3, -0.25) is 4.79 Å². The van der Waals surface area contributed by atoms with Crippen molar-refractivity contribution >= 4 is 5.69 Å². The summed E-state index contributed by atoms with van der Waals surface area (Å²) in [6.45, 7) is 4.69. The number of nitrogens with zero attached hydrogens (tertiary/aromatic N) is 3. The molecule has 0 aliphatic carbocycles. The minimum Gasteiger partial charge on any atom is -0.367 e. The van der Waals surface area contributed by atoms with E-state index in [1.54, 1.807) is 0 Å². The molecule has 32 heavy (non-hydrogen) atoms. The van der Waals surface area contributed by atoms with Crippen LogP contribution in [-0.4, -0.2) is 17.7 Å². The SMILES string of the molecule is CCCCc1ccc(N2CCCCC2)c(=O)n1Cc1ccc(-c2ccccc2C#N)cc1. The van der Waals surface area contributed by atoms with Gasteiger partial charge in [0, 0.05) is 18.8 Å². The summed E-state index contributed by atoms with van der Waals surface area (Å²) in [5, 5.41) is 9.40. The van der Waals surface area contributed by atoms with Crippen molar-refractivity contribution in [3.05, 3.63) is 87.8 Å². The summed E-state index contributed by atoms with van der Waals surface area (Å²) >= 11 is 0. The van der Waals surface area contributed by atoms with E-state index in [4.69, 9.17) is 0 Å². The van der Waals surface area contributed by atoms with E-state index < -0.39 is 0 Å². The van der Waals surface area contributed by atoms with Crippen LogP contribution in [0.5, 0.6) is 0 Å². The highest BCUT2D eigenvalue weighted by atomic mass is 16.1. The van der Waals surface area contributed by atoms with Crippen LogP contribution >= 0.6 is 0 Å². The van der Waals surface area contributed by atoms with Crippen LogP contribution in [0.3, 0.4) is 0 Å². The van der Waals surface area contributed by atoms with Crippen molar-refractivity contribution in [2.24, 2.45) is 0 Å². The lowest BCUT2D eigenvalue weighted by Crippen LogP contribution is -2.36. The number of pyridine rings is 1. The highest BCUT2D eigenvalue weighted by molar-refractivity contribution is 5.70. The summed E-state index contributed by atoms with van der Waals surface area (Å²) in [6.07, 6.45) is 6.66. The number of nitriles is 1. The first-order valence-corrected chi connectivity index (χ1v) is 11.8. The summed E-state index contributed by atoms with van der Waals surface area (Å²) in [6, 6.07) is 22.4. The number of anilines is 1. The highest BCUT2D eigenvalue weighted by Crippen LogP contribution is 2.24. The van der Waals surface area contributed by atoms with E-state index >= 15 is 0 Å². The Labute approximate surface area is 190 Å². The molecule has 4 rings (SSSR count). The lowest BCUT2D eigenvalue weighted by Gasteiger charge is -2.29. The average molecular weight is 426 g/mol. The zero-order chi connectivity index (χ0) is 22.3. The van der Waals surface area contributed by atoms with Crippen LogP contribution in [0, 0.1) is 11.3 Å². The number of piperidine rings is 1. The molecule has 1 aromatic heterocycles. The number of hydrogen-bond donors (Lipinski definition) is 0. The van der Waals surface area contributed by atoms with E-state index in [1.165, 1.54) is 6.42 Å². The van der Waals surface area contributed by atoms with Gasteiger partial charge < -0.3 is 9.47 Å². The fourth-order valence-electron chi connectivity index (χ4n) is 4.53. The summed E-state index contributed by atoms with van der Waals surface area (Å²) in [5.41, 5.74) is 5.80. The van der Waals surface area contributed by atoms with Crippen LogP contribution in [0.15, 0.2) is 65.5 Å². The van der Waals surface area contributed by atoms with Crippen LogP contribution < -0.4 is 10.5 Å². The summed E-state index contributed by atoms with van der Waals surface area (Å²) in [4.78, 5) is 15.8. The maximum atomic E-state index is 13.5. The van der Waals surface area contributed by atoms with E-state index in [9.17, 15) is 10.1 Å². The molecular formula is C28H31N3O. The van der Waals surface area contributed by atoms with E-state index in [2.05, 4.69) is 48.2 Å². The monoisotopic (exact) mass is 425 g/mol. The van der Waals surface area contributed by atoms with Crippen LogP contribution in [0.4, 0.5) is 5.69 Å². The quantitative estimate of drug-likeness (QED) is 0.483. The molecule has 0 N–H and O–H groups in total. The van der Waals surface area contributed by atoms with E-state index in [0.717, 1.165) is 73.3 Å². The van der Waals surface area contributed by atoms with Gasteiger partial charge in [0.1, 0.15) is 5.69 Å². The molecule has 1 aliphatic heterocycles. The molecule has 1 saturated heterocycles. The van der Waals surface area contributed by atoms with Gasteiger partial charge in [-0.1, -0.05) is 55.8 Å². The molecule has 0 unspecified atom stereocenters. The van der Waals surface area contributed by atoms with E-state index in [1.807, 2.05) is 34.9 Å². The standard InChI is InChI=1S/C28H31N3O/c1-2-3-10-25-16-17-27(30-18-7-4-8-19-30)28(32)31(25)21-22-12-14-23(15-13-22)26-11-6-5-9-24(26)20-29/h5-6,9,11-17H,2-4,7-8,10,18-19,21H2,1H3. The number of aryl methyl sites for hydroxylation is 1. The molecule has 4 nitrogen and oxygen atoms in total. The average Bonchev–Trinajstić information content (AvgIpc) is 2.85. The summed E-state index contributed by atoms with van der Waals surface area (Å²) < 4.78 is 1.97. The van der Waals surface area contributed by atoms with Gasteiger partial charge in [-0.2, -0.15) is 5.26 Å². The number of aromatic nitrogens is 1. The van der Waals surface area contributed by atoms with Crippen molar-refractivity contribution < 1.29 is 0 Å². The van der Waals surface area contributed by atoms with Crippen LogP contribution in [-0.2, 0) is 13.0 Å². The normalized spacial score (nSPS) is 13.7. The van der Waals surface area contributed by atoms with E-state index in [0.29, 0.717) is 12.1 Å². The number of hydrogen-bond acceptors (Lipinski definition) is 3. The van der Waals surface area contributed by atoms with Gasteiger partial charge in [0.2, 0.25) is 0 Å². The second-order valence-electron chi connectivity index (χ2n) is 8.61. The molecular weight excluding hydrogens is 394 g/mol. The summed E-state index contributed by atoms with van der Waals surface area (Å²) in [5.74, 6) is 0. The van der Waals surface area contributed by atoms with Crippen molar-refractivity contribution in [3.63, 3.8) is 0 Å². The molecule has 2 heterocycles. The first kappa shape index (κ1) is 21.9. The molecule has 0 radical (unpaired) electrons. The Balaban J connectivity index is 1.64. The first-order valence-electron chi connectivity index (χ1n) is 11.8. The lowest BCUT2D eigenvalue weighted by molar-refractivity contribution is 0.571. The van der Waals surface area contributed by atoms with Crippen molar-refractivity contribution in [1.82, 2.24) is 4.57 Å². The third-order valence-corrected chi connectivity index (χ3v) is 6.38. The molecule has 1 fully saturated rings. The third kappa shape index (κ3) is 4.78. The molecule has 2 aromatic carbocycles. The van der Waals surface area contributed by atoms with Gasteiger partial charge in [0.25, 0.3) is 5.56 Å². The number of rotatable bonds is 7. The second-order valence-corrected chi connectivity index (χ2v) is 8.61. The van der Waals surface area contributed by atoms with Crippen molar-refractivity contribution in [2.45, 2.75) is 52.0 Å². The lowest BCUT2D eigenvalue weighted by atomic mass is 9.99. The minimum absolute atomic E-state index is 0.124. The molecule has 1 aliphatic rings. The minimum atomic E-state index is 0.124. The predicted molar refractivity (Wildman–Crippen MR) is 131 cm³/mol. The Hall–Kier alpha value is -3.32. The van der Waals surface area contributed by atoms with Gasteiger partial charge in [-0.05, 0) is 67.0 Å². The van der Waals surface area contributed by atoms with Gasteiger partial charge in [-0.15, -0.1) is 0 Å². The smallest absolute Gasteiger partial charge is 0.274 e. The van der Waals surface area contributed by atoms with Crippen molar-refractivity contribution in [2.75, 3.05) is 18.0 Å². The zero-order valence-corrected chi connectivity index (χ0v) is 18.9. The van der Waals surface area contributed by atoms with Crippen molar-refractivity contribution in [1.29, 1.82) is 5.26 Å². The van der Waals surface area contributed by atoms with Gasteiger partial charge in [-0.25, -0.2) is 0 Å². The zero-order valence-electron chi connectivity index (χ0n) is 18.9. The van der Waals surface area contributed by atoms with Gasteiger partial charge in [0.05, 0.1) is 18.2 Å². The van der Waals surface area contributed by atoms with Crippen molar-refractivity contribution in [3.8, 4) is 17.2 Å². The Morgan fingerprint density at radius 3 is 2.41 bits per heavy atom. The summed E-state index contributed by atoms with van der Waals surface area (Å²) in [7, 11) is 0. The van der Waals surface area contributed by atoms with Crippen LogP contribution in [0.1, 0.15) is 55.8 Å². The molecule has 3 aromatic rings. The van der Waals surface area contributed by atoms with E-state index in [-0.39, 0.29) is 5.56 Å². The Morgan fingerprint density at radius 2 is 1.69 bits per heavy atom. The molecule has 0 saturated carbocycles. The number of unbranched alkanes of at least 4 members (excludes halogenated alkanes) is 1. The largest absolute Gasteiger partial charge is 0.367 e. The maximum Gasteiger partial charge on any atom is 0.274 e. The Bertz CT molecular complexity index is 1150. The molecule has 0 atom stereocenters. The van der Waals surface area contributed by atoms with Gasteiger partial charge in [0.15, 0.2) is 0 Å². The maximum absolute atomic E-state index is 13.5. The fraction of sp³-hybridized carbons (Fsp3) is 0.357.